The molecule has 4 nitrogen and oxygen atoms in total. The summed E-state index contributed by atoms with van der Waals surface area (Å²) in [6, 6.07) is 1.10. The molecule has 1 N–H and O–H groups in total. The van der Waals surface area contributed by atoms with Crippen LogP contribution < -0.4 is 5.32 Å². The van der Waals surface area contributed by atoms with Gasteiger partial charge in [-0.15, -0.1) is 0 Å². The zero-order chi connectivity index (χ0) is 16.8. The Morgan fingerprint density at radius 2 is 1.75 bits per heavy atom. The summed E-state index contributed by atoms with van der Waals surface area (Å²) >= 11 is 0. The Hall–Kier alpha value is -0.610. The van der Waals surface area contributed by atoms with E-state index in [1.165, 1.54) is 38.5 Å². The molecule has 1 amide bonds. The predicted octanol–water partition coefficient (Wildman–Crippen LogP) is 2.34. The molecule has 5 fully saturated rings. The van der Waals surface area contributed by atoms with Crippen LogP contribution in [0.4, 0.5) is 0 Å². The van der Waals surface area contributed by atoms with E-state index in [4.69, 9.17) is 0 Å². The van der Waals surface area contributed by atoms with Crippen LogP contribution in [0.25, 0.3) is 0 Å². The van der Waals surface area contributed by atoms with E-state index in [0.717, 1.165) is 43.2 Å². The highest BCUT2D eigenvalue weighted by Gasteiger charge is 2.49. The maximum atomic E-state index is 13.0. The number of likely N-dealkylation sites (N-methyl/N-ethyl adjacent to an activating group) is 1. The average molecular weight is 334 g/mol. The lowest BCUT2D eigenvalue weighted by molar-refractivity contribution is -0.129. The number of nitrogens with one attached hydrogen (secondary N) is 1. The van der Waals surface area contributed by atoms with Crippen LogP contribution in [-0.4, -0.2) is 61.0 Å². The van der Waals surface area contributed by atoms with Gasteiger partial charge in [-0.05, 0) is 96.2 Å². The number of carbonyl (C=O) groups excluding carboxylic acids is 1. The van der Waals surface area contributed by atoms with Gasteiger partial charge in [-0.1, -0.05) is 0 Å². The van der Waals surface area contributed by atoms with Crippen molar-refractivity contribution < 1.29 is 4.79 Å². The van der Waals surface area contributed by atoms with Crippen molar-refractivity contribution in [2.45, 2.75) is 70.0 Å². The first-order valence-electron chi connectivity index (χ1n) is 10.2. The molecule has 2 atom stereocenters. The molecule has 0 spiro atoms. The molecule has 4 heteroatoms. The van der Waals surface area contributed by atoms with Gasteiger partial charge in [0.25, 0.3) is 0 Å². The second kappa shape index (κ2) is 6.60. The molecular weight excluding hydrogens is 298 g/mol. The number of hydrogen-bond acceptors (Lipinski definition) is 3. The predicted molar refractivity (Wildman–Crippen MR) is 96.7 cm³/mol. The fourth-order valence-corrected chi connectivity index (χ4v) is 6.27. The van der Waals surface area contributed by atoms with Crippen molar-refractivity contribution in [2.24, 2.45) is 23.7 Å². The van der Waals surface area contributed by atoms with Crippen LogP contribution in [-0.2, 0) is 4.79 Å². The zero-order valence-corrected chi connectivity index (χ0v) is 15.7. The highest BCUT2D eigenvalue weighted by atomic mass is 16.2. The molecule has 1 saturated heterocycles. The van der Waals surface area contributed by atoms with Gasteiger partial charge in [0.05, 0.1) is 6.04 Å². The van der Waals surface area contributed by atoms with Gasteiger partial charge in [-0.25, -0.2) is 0 Å². The summed E-state index contributed by atoms with van der Waals surface area (Å²) in [5.74, 6) is 3.84. The molecule has 1 aliphatic heterocycles. The lowest BCUT2D eigenvalue weighted by Crippen LogP contribution is -2.58. The highest BCUT2D eigenvalue weighted by molar-refractivity contribution is 5.82. The van der Waals surface area contributed by atoms with Crippen molar-refractivity contribution in [1.29, 1.82) is 0 Å². The number of likely N-dealkylation sites (tertiary alicyclic amines) is 1. The Bertz CT molecular complexity index is 450. The summed E-state index contributed by atoms with van der Waals surface area (Å²) in [5.41, 5.74) is 0. The van der Waals surface area contributed by atoms with E-state index in [-0.39, 0.29) is 6.04 Å². The van der Waals surface area contributed by atoms with Crippen molar-refractivity contribution >= 4 is 5.91 Å². The van der Waals surface area contributed by atoms with Crippen LogP contribution in [0, 0.1) is 23.7 Å². The van der Waals surface area contributed by atoms with Crippen molar-refractivity contribution in [2.75, 3.05) is 27.2 Å². The summed E-state index contributed by atoms with van der Waals surface area (Å²) in [5, 5.41) is 3.54. The number of rotatable bonds is 5. The Kier molecular flexibility index (Phi) is 4.63. The molecular formula is C20H35N3O. The molecule has 0 aromatic carbocycles. The Labute approximate surface area is 147 Å². The number of hydrogen-bond donors (Lipinski definition) is 1. The summed E-state index contributed by atoms with van der Waals surface area (Å²) in [6.07, 6.45) is 9.20. The summed E-state index contributed by atoms with van der Waals surface area (Å²) in [4.78, 5) is 17.7. The lowest BCUT2D eigenvalue weighted by atomic mass is 9.54. The van der Waals surface area contributed by atoms with Crippen molar-refractivity contribution in [3.05, 3.63) is 0 Å². The van der Waals surface area contributed by atoms with Crippen LogP contribution in [0.5, 0.6) is 0 Å². The molecule has 4 saturated carbocycles. The van der Waals surface area contributed by atoms with E-state index >= 15 is 0 Å². The van der Waals surface area contributed by atoms with Crippen LogP contribution in [0.15, 0.2) is 0 Å². The van der Waals surface area contributed by atoms with Gasteiger partial charge >= 0.3 is 0 Å². The number of carbonyl (C=O) groups is 1. The highest BCUT2D eigenvalue weighted by Crippen LogP contribution is 2.53. The molecule has 5 aliphatic rings. The fourth-order valence-electron chi connectivity index (χ4n) is 6.27. The summed E-state index contributed by atoms with van der Waals surface area (Å²) in [7, 11) is 4.26. The Balaban J connectivity index is 1.37. The normalized spacial score (nSPS) is 42.7. The molecule has 1 heterocycles. The van der Waals surface area contributed by atoms with Gasteiger partial charge in [-0.2, -0.15) is 0 Å². The molecule has 4 aliphatic carbocycles. The maximum absolute atomic E-state index is 13.0. The van der Waals surface area contributed by atoms with Crippen LogP contribution in [0.3, 0.4) is 0 Å². The van der Waals surface area contributed by atoms with E-state index in [2.05, 4.69) is 36.1 Å². The van der Waals surface area contributed by atoms with Crippen molar-refractivity contribution in [3.8, 4) is 0 Å². The van der Waals surface area contributed by atoms with Crippen LogP contribution in [0.2, 0.25) is 0 Å². The minimum absolute atomic E-state index is 0.115. The first-order chi connectivity index (χ1) is 11.5. The SMILES string of the molecule is C[C@H](CN1CCC[C@@H]1C(=O)NC1C2CC3CC(C2)CC1C3)N(C)C. The maximum Gasteiger partial charge on any atom is 0.237 e. The summed E-state index contributed by atoms with van der Waals surface area (Å²) in [6.45, 7) is 4.34. The van der Waals surface area contributed by atoms with E-state index in [0.29, 0.717) is 18.0 Å². The molecule has 0 aromatic rings. The van der Waals surface area contributed by atoms with Gasteiger partial charge in [0.2, 0.25) is 5.91 Å². The molecule has 4 bridgehead atoms. The Morgan fingerprint density at radius 3 is 2.33 bits per heavy atom. The van der Waals surface area contributed by atoms with Crippen molar-refractivity contribution in [1.82, 2.24) is 15.1 Å². The third-order valence-electron chi connectivity index (χ3n) is 7.58. The molecule has 136 valence electrons. The van der Waals surface area contributed by atoms with Crippen LogP contribution in [0.1, 0.15) is 51.9 Å². The molecule has 0 radical (unpaired) electrons. The molecule has 5 rings (SSSR count). The second-order valence-electron chi connectivity index (χ2n) is 9.43. The van der Waals surface area contributed by atoms with Crippen LogP contribution >= 0.6 is 0 Å². The second-order valence-corrected chi connectivity index (χ2v) is 9.43. The fraction of sp³-hybridized carbons (Fsp3) is 0.950. The van der Waals surface area contributed by atoms with Gasteiger partial charge in [-0.3, -0.25) is 9.69 Å². The van der Waals surface area contributed by atoms with Gasteiger partial charge in [0, 0.05) is 18.6 Å². The van der Waals surface area contributed by atoms with E-state index in [1.807, 2.05) is 0 Å². The third-order valence-corrected chi connectivity index (χ3v) is 7.58. The largest absolute Gasteiger partial charge is 0.351 e. The monoisotopic (exact) mass is 333 g/mol. The van der Waals surface area contributed by atoms with E-state index in [1.54, 1.807) is 0 Å². The van der Waals surface area contributed by atoms with E-state index < -0.39 is 0 Å². The minimum Gasteiger partial charge on any atom is -0.351 e. The van der Waals surface area contributed by atoms with Gasteiger partial charge in [0.15, 0.2) is 0 Å². The topological polar surface area (TPSA) is 35.6 Å². The first-order valence-corrected chi connectivity index (χ1v) is 10.2. The summed E-state index contributed by atoms with van der Waals surface area (Å²) < 4.78 is 0. The van der Waals surface area contributed by atoms with Gasteiger partial charge < -0.3 is 10.2 Å². The smallest absolute Gasteiger partial charge is 0.237 e. The Morgan fingerprint density at radius 1 is 1.12 bits per heavy atom. The van der Waals surface area contributed by atoms with Gasteiger partial charge in [0.1, 0.15) is 0 Å². The number of nitrogens with zero attached hydrogens (tertiary/aromatic N) is 2. The molecule has 24 heavy (non-hydrogen) atoms. The molecule has 0 unspecified atom stereocenters. The quantitative estimate of drug-likeness (QED) is 0.839. The minimum atomic E-state index is 0.115. The third kappa shape index (κ3) is 3.12. The van der Waals surface area contributed by atoms with Crippen molar-refractivity contribution in [3.63, 3.8) is 0 Å². The zero-order valence-electron chi connectivity index (χ0n) is 15.7. The first kappa shape index (κ1) is 16.8. The number of amides is 1. The molecule has 0 aromatic heterocycles. The average Bonchev–Trinajstić information content (AvgIpc) is 2.98. The lowest BCUT2D eigenvalue weighted by Gasteiger charge is -2.54. The van der Waals surface area contributed by atoms with E-state index in [9.17, 15) is 4.79 Å². The standard InChI is InChI=1S/C20H35N3O/c1-13(22(2)3)12-23-6-4-5-18(23)20(24)21-19-16-8-14-7-15(10-16)11-17(19)9-14/h13-19H,4-12H2,1-3H3,(H,21,24)/t13-,14?,15?,16?,17?,18-,19?/m1/s1.